The summed E-state index contributed by atoms with van der Waals surface area (Å²) in [6.07, 6.45) is 1.40. The Morgan fingerprint density at radius 1 is 1.15 bits per heavy atom. The number of halogens is 2. The first-order valence-corrected chi connectivity index (χ1v) is 10.7. The summed E-state index contributed by atoms with van der Waals surface area (Å²) in [5, 5.41) is 2.01. The summed E-state index contributed by atoms with van der Waals surface area (Å²) >= 11 is 0.662. The molecule has 2 heterocycles. The Bertz CT molecular complexity index is 1170. The number of fused-ring (bicyclic) bond motifs is 1. The van der Waals surface area contributed by atoms with Crippen LogP contribution in [0, 0.1) is 0 Å². The van der Waals surface area contributed by atoms with Crippen LogP contribution in [-0.2, 0) is 9.59 Å². The zero-order valence-electron chi connectivity index (χ0n) is 17.7. The Morgan fingerprint density at radius 2 is 1.91 bits per heavy atom. The molecule has 0 atom stereocenters. The lowest BCUT2D eigenvalue weighted by atomic mass is 10.2. The van der Waals surface area contributed by atoms with Gasteiger partial charge in [0.25, 0.3) is 11.1 Å². The molecule has 4 rings (SSSR count). The molecule has 0 aliphatic carbocycles. The van der Waals surface area contributed by atoms with Crippen LogP contribution in [-0.4, -0.2) is 55.4 Å². The summed E-state index contributed by atoms with van der Waals surface area (Å²) < 4.78 is 45.3. The number of carbonyl (C=O) groups is 3. The Hall–Kier alpha value is -3.80. The molecule has 0 bridgehead atoms. The summed E-state index contributed by atoms with van der Waals surface area (Å²) in [6, 6.07) is 8.95. The molecule has 0 radical (unpaired) electrons. The molecule has 3 amide bonds. The molecule has 0 saturated carbocycles. The third kappa shape index (κ3) is 5.22. The molecule has 9 nitrogen and oxygen atoms in total. The van der Waals surface area contributed by atoms with Gasteiger partial charge in [-0.25, -0.2) is 0 Å². The molecular weight excluding hydrogens is 474 g/mol. The fourth-order valence-corrected chi connectivity index (χ4v) is 4.06. The van der Waals surface area contributed by atoms with Gasteiger partial charge in [-0.1, -0.05) is 6.07 Å². The molecule has 0 unspecified atom stereocenters. The maximum absolute atomic E-state index is 12.7. The number of alkyl halides is 2. The van der Waals surface area contributed by atoms with Gasteiger partial charge in [-0.2, -0.15) is 8.78 Å². The largest absolute Gasteiger partial charge is 0.493 e. The van der Waals surface area contributed by atoms with Crippen LogP contribution in [0.1, 0.15) is 5.56 Å². The summed E-state index contributed by atoms with van der Waals surface area (Å²) in [5.41, 5.74) is 0.847. The third-order valence-corrected chi connectivity index (χ3v) is 5.61. The van der Waals surface area contributed by atoms with Crippen LogP contribution in [0.3, 0.4) is 0 Å². The number of amides is 3. The minimum atomic E-state index is -3.02. The van der Waals surface area contributed by atoms with Crippen LogP contribution in [0.25, 0.3) is 6.08 Å². The Kier molecular flexibility index (Phi) is 6.87. The van der Waals surface area contributed by atoms with E-state index in [1.807, 2.05) is 0 Å². The number of carbonyl (C=O) groups excluding carboxylic acids is 3. The molecule has 0 spiro atoms. The van der Waals surface area contributed by atoms with Gasteiger partial charge in [0.05, 0.1) is 12.0 Å². The predicted molar refractivity (Wildman–Crippen MR) is 118 cm³/mol. The zero-order valence-corrected chi connectivity index (χ0v) is 18.5. The Labute approximate surface area is 196 Å². The topological polar surface area (TPSA) is 103 Å². The second kappa shape index (κ2) is 10.00. The normalized spacial score (nSPS) is 16.2. The number of nitrogens with zero attached hydrogens (tertiary/aromatic N) is 1. The predicted octanol–water partition coefficient (Wildman–Crippen LogP) is 3.74. The molecule has 178 valence electrons. The lowest BCUT2D eigenvalue weighted by Gasteiger charge is -2.19. The zero-order chi connectivity index (χ0) is 24.2. The van der Waals surface area contributed by atoms with Crippen molar-refractivity contribution in [3.63, 3.8) is 0 Å². The van der Waals surface area contributed by atoms with Crippen molar-refractivity contribution in [3.8, 4) is 23.0 Å². The maximum atomic E-state index is 12.7. The lowest BCUT2D eigenvalue weighted by molar-refractivity contribution is -0.127. The van der Waals surface area contributed by atoms with E-state index in [0.29, 0.717) is 47.7 Å². The van der Waals surface area contributed by atoms with Crippen molar-refractivity contribution < 1.29 is 42.1 Å². The highest BCUT2D eigenvalue weighted by Gasteiger charge is 2.36. The van der Waals surface area contributed by atoms with E-state index in [1.54, 1.807) is 18.2 Å². The monoisotopic (exact) mass is 492 g/mol. The fourth-order valence-electron chi connectivity index (χ4n) is 3.22. The van der Waals surface area contributed by atoms with Gasteiger partial charge in [0, 0.05) is 11.8 Å². The number of nitrogens with one attached hydrogen (secondary N) is 1. The van der Waals surface area contributed by atoms with Gasteiger partial charge >= 0.3 is 6.61 Å². The molecule has 12 heteroatoms. The van der Waals surface area contributed by atoms with Crippen molar-refractivity contribution in [3.05, 3.63) is 46.9 Å². The fraction of sp³-hybridized carbons (Fsp3) is 0.227. The minimum Gasteiger partial charge on any atom is -0.493 e. The van der Waals surface area contributed by atoms with Crippen molar-refractivity contribution >= 4 is 40.6 Å². The first-order valence-electron chi connectivity index (χ1n) is 9.92. The van der Waals surface area contributed by atoms with E-state index in [9.17, 15) is 23.2 Å². The van der Waals surface area contributed by atoms with Gasteiger partial charge in [-0.05, 0) is 47.7 Å². The number of hydrogen-bond acceptors (Lipinski definition) is 8. The molecule has 2 aliphatic rings. The highest BCUT2D eigenvalue weighted by molar-refractivity contribution is 8.18. The molecule has 2 aromatic rings. The van der Waals surface area contributed by atoms with Gasteiger partial charge in [0.1, 0.15) is 19.8 Å². The van der Waals surface area contributed by atoms with Gasteiger partial charge in [-0.3, -0.25) is 19.3 Å². The number of anilines is 1. The molecule has 1 fully saturated rings. The second-order valence-corrected chi connectivity index (χ2v) is 7.96. The SMILES string of the molecule is COc1cc(/C=C2\SC(=O)N(CC(=O)Nc3ccc4c(c3)OCCO4)C2=O)ccc1OC(F)F. The quantitative estimate of drug-likeness (QED) is 0.583. The summed E-state index contributed by atoms with van der Waals surface area (Å²) in [7, 11) is 1.28. The molecular formula is C22H18F2N2O7S. The molecule has 1 saturated heterocycles. The Morgan fingerprint density at radius 3 is 2.65 bits per heavy atom. The van der Waals surface area contributed by atoms with Gasteiger partial charge in [-0.15, -0.1) is 0 Å². The van der Waals surface area contributed by atoms with Crippen molar-refractivity contribution in [1.29, 1.82) is 0 Å². The van der Waals surface area contributed by atoms with Crippen molar-refractivity contribution in [2.45, 2.75) is 6.61 Å². The number of hydrogen-bond donors (Lipinski definition) is 1. The van der Waals surface area contributed by atoms with E-state index in [4.69, 9.17) is 14.2 Å². The highest BCUT2D eigenvalue weighted by Crippen LogP contribution is 2.35. The van der Waals surface area contributed by atoms with Crippen LogP contribution in [0.15, 0.2) is 41.3 Å². The Balaban J connectivity index is 1.43. The first kappa shape index (κ1) is 23.4. The molecule has 2 aromatic carbocycles. The third-order valence-electron chi connectivity index (χ3n) is 4.70. The molecule has 34 heavy (non-hydrogen) atoms. The number of methoxy groups -OCH3 is 1. The van der Waals surface area contributed by atoms with E-state index in [1.165, 1.54) is 31.4 Å². The standard InChI is InChI=1S/C22H18F2N2O7S/c1-30-16-8-12(2-4-15(16)33-21(23)24)9-18-20(28)26(22(29)34-18)11-19(27)25-13-3-5-14-17(10-13)32-7-6-31-14/h2-5,8-10,21H,6-7,11H2,1H3,(H,25,27)/b18-9-. The van der Waals surface area contributed by atoms with Crippen LogP contribution >= 0.6 is 11.8 Å². The lowest BCUT2D eigenvalue weighted by Crippen LogP contribution is -2.36. The van der Waals surface area contributed by atoms with E-state index < -0.39 is 30.2 Å². The average molecular weight is 492 g/mol. The van der Waals surface area contributed by atoms with Gasteiger partial charge in [0.15, 0.2) is 23.0 Å². The van der Waals surface area contributed by atoms with Crippen LogP contribution in [0.5, 0.6) is 23.0 Å². The highest BCUT2D eigenvalue weighted by atomic mass is 32.2. The number of imide groups is 1. The number of rotatable bonds is 7. The number of benzene rings is 2. The van der Waals surface area contributed by atoms with Gasteiger partial charge in [0.2, 0.25) is 5.91 Å². The van der Waals surface area contributed by atoms with Gasteiger partial charge < -0.3 is 24.3 Å². The minimum absolute atomic E-state index is 0.0343. The first-order chi connectivity index (χ1) is 16.3. The van der Waals surface area contributed by atoms with E-state index >= 15 is 0 Å². The summed E-state index contributed by atoms with van der Waals surface area (Å²) in [5.74, 6) is -0.315. The van der Waals surface area contributed by atoms with E-state index in [0.717, 1.165) is 4.90 Å². The molecule has 1 N–H and O–H groups in total. The summed E-state index contributed by atoms with van der Waals surface area (Å²) in [4.78, 5) is 38.4. The van der Waals surface area contributed by atoms with Crippen molar-refractivity contribution in [1.82, 2.24) is 4.90 Å². The second-order valence-electron chi connectivity index (χ2n) is 6.96. The van der Waals surface area contributed by atoms with E-state index in [2.05, 4.69) is 10.1 Å². The number of ether oxygens (including phenoxy) is 4. The van der Waals surface area contributed by atoms with Crippen LogP contribution in [0.2, 0.25) is 0 Å². The van der Waals surface area contributed by atoms with Crippen molar-refractivity contribution in [2.75, 3.05) is 32.2 Å². The van der Waals surface area contributed by atoms with Crippen molar-refractivity contribution in [2.24, 2.45) is 0 Å². The van der Waals surface area contributed by atoms with Crippen LogP contribution in [0.4, 0.5) is 19.3 Å². The number of thioether (sulfide) groups is 1. The van der Waals surface area contributed by atoms with Crippen LogP contribution < -0.4 is 24.3 Å². The van der Waals surface area contributed by atoms with E-state index in [-0.39, 0.29) is 16.4 Å². The summed E-state index contributed by atoms with van der Waals surface area (Å²) in [6.45, 7) is -2.68. The maximum Gasteiger partial charge on any atom is 0.387 e. The molecule has 2 aliphatic heterocycles. The average Bonchev–Trinajstić information content (AvgIpc) is 3.06. The molecule has 0 aromatic heterocycles. The smallest absolute Gasteiger partial charge is 0.387 e.